The molecular weight excluding hydrogens is 298 g/mol. The van der Waals surface area contributed by atoms with E-state index in [-0.39, 0.29) is 12.4 Å². The lowest BCUT2D eigenvalue weighted by atomic mass is 10.2. The highest BCUT2D eigenvalue weighted by molar-refractivity contribution is 5.85. The van der Waals surface area contributed by atoms with Crippen molar-refractivity contribution < 1.29 is 13.6 Å². The van der Waals surface area contributed by atoms with Crippen LogP contribution in [0.4, 0.5) is 8.78 Å². The summed E-state index contributed by atoms with van der Waals surface area (Å²) in [6.45, 7) is 0. The van der Waals surface area contributed by atoms with Crippen molar-refractivity contribution in [2.75, 3.05) is 7.11 Å². The molecule has 3 nitrogen and oxygen atoms in total. The highest BCUT2D eigenvalue weighted by atomic mass is 35.5. The fraction of sp³-hybridized carbons (Fsp3) is 0.0667. The number of rotatable bonds is 2. The SMILES string of the molecule is CO/N=C/c1cncc(C#Cc2ccc(F)c(F)c2)c1.Cl. The van der Waals surface area contributed by atoms with Crippen LogP contribution in [0.5, 0.6) is 0 Å². The molecule has 0 N–H and O–H groups in total. The number of aromatic nitrogens is 1. The van der Waals surface area contributed by atoms with Gasteiger partial charge in [-0.25, -0.2) is 8.78 Å². The second-order valence-electron chi connectivity index (χ2n) is 3.80. The maximum atomic E-state index is 13.0. The van der Waals surface area contributed by atoms with Gasteiger partial charge in [0.2, 0.25) is 0 Å². The van der Waals surface area contributed by atoms with Gasteiger partial charge >= 0.3 is 0 Å². The number of halogens is 3. The van der Waals surface area contributed by atoms with Gasteiger partial charge in [-0.05, 0) is 24.3 Å². The molecule has 0 atom stereocenters. The maximum absolute atomic E-state index is 13.0. The number of hydrogen-bond donors (Lipinski definition) is 0. The van der Waals surface area contributed by atoms with Gasteiger partial charge in [-0.2, -0.15) is 0 Å². The van der Waals surface area contributed by atoms with E-state index in [9.17, 15) is 8.78 Å². The van der Waals surface area contributed by atoms with Crippen molar-refractivity contribution >= 4 is 18.6 Å². The Labute approximate surface area is 127 Å². The molecule has 108 valence electrons. The van der Waals surface area contributed by atoms with Gasteiger partial charge < -0.3 is 4.84 Å². The first kappa shape index (κ1) is 16.6. The molecular formula is C15H11ClF2N2O. The summed E-state index contributed by atoms with van der Waals surface area (Å²) in [4.78, 5) is 8.57. The van der Waals surface area contributed by atoms with Gasteiger partial charge in [0.25, 0.3) is 0 Å². The maximum Gasteiger partial charge on any atom is 0.160 e. The summed E-state index contributed by atoms with van der Waals surface area (Å²) in [5, 5.41) is 3.62. The zero-order valence-electron chi connectivity index (χ0n) is 11.0. The van der Waals surface area contributed by atoms with Crippen LogP contribution in [0.25, 0.3) is 0 Å². The minimum absolute atomic E-state index is 0. The van der Waals surface area contributed by atoms with Gasteiger partial charge in [-0.1, -0.05) is 17.0 Å². The quantitative estimate of drug-likeness (QED) is 0.485. The van der Waals surface area contributed by atoms with Gasteiger partial charge in [-0.15, -0.1) is 12.4 Å². The molecule has 0 spiro atoms. The Hall–Kier alpha value is -2.45. The van der Waals surface area contributed by atoms with Gasteiger partial charge in [-0.3, -0.25) is 4.98 Å². The van der Waals surface area contributed by atoms with Gasteiger partial charge in [0.1, 0.15) is 7.11 Å². The second-order valence-corrected chi connectivity index (χ2v) is 3.80. The molecule has 0 bridgehead atoms. The summed E-state index contributed by atoms with van der Waals surface area (Å²) in [5.74, 6) is 3.75. The van der Waals surface area contributed by atoms with E-state index in [4.69, 9.17) is 0 Å². The summed E-state index contributed by atoms with van der Waals surface area (Å²) in [6, 6.07) is 5.25. The molecule has 21 heavy (non-hydrogen) atoms. The molecule has 1 heterocycles. The first-order valence-corrected chi connectivity index (χ1v) is 5.67. The number of oxime groups is 1. The van der Waals surface area contributed by atoms with Crippen molar-refractivity contribution in [3.63, 3.8) is 0 Å². The number of nitrogens with zero attached hydrogens (tertiary/aromatic N) is 2. The number of pyridine rings is 1. The molecule has 0 aliphatic carbocycles. The van der Waals surface area contributed by atoms with Crippen LogP contribution in [-0.2, 0) is 4.84 Å². The molecule has 1 aromatic carbocycles. The molecule has 0 saturated carbocycles. The molecule has 0 aliphatic rings. The Morgan fingerprint density at radius 3 is 2.57 bits per heavy atom. The van der Waals surface area contributed by atoms with Crippen LogP contribution in [0.1, 0.15) is 16.7 Å². The van der Waals surface area contributed by atoms with E-state index in [2.05, 4.69) is 26.8 Å². The van der Waals surface area contributed by atoms with Crippen LogP contribution in [0.15, 0.2) is 41.8 Å². The van der Waals surface area contributed by atoms with Crippen molar-refractivity contribution in [1.29, 1.82) is 0 Å². The minimum Gasteiger partial charge on any atom is -0.399 e. The van der Waals surface area contributed by atoms with Crippen LogP contribution in [0.3, 0.4) is 0 Å². The molecule has 0 amide bonds. The number of hydrogen-bond acceptors (Lipinski definition) is 3. The monoisotopic (exact) mass is 308 g/mol. The topological polar surface area (TPSA) is 34.5 Å². The molecule has 0 radical (unpaired) electrons. The first-order chi connectivity index (χ1) is 9.69. The lowest BCUT2D eigenvalue weighted by molar-refractivity contribution is 0.215. The predicted molar refractivity (Wildman–Crippen MR) is 78.4 cm³/mol. The highest BCUT2D eigenvalue weighted by Crippen LogP contribution is 2.08. The summed E-state index contributed by atoms with van der Waals surface area (Å²) in [5.41, 5.74) is 1.75. The molecule has 2 rings (SSSR count). The standard InChI is InChI=1S/C15H10F2N2O.ClH/c1-20-19-10-13-6-12(8-18-9-13)3-2-11-4-5-14(16)15(17)7-11;/h4-10H,1H3;1H/b19-10+;. The minimum atomic E-state index is -0.920. The average Bonchev–Trinajstić information content (AvgIpc) is 2.47. The van der Waals surface area contributed by atoms with Crippen LogP contribution in [-0.4, -0.2) is 18.3 Å². The summed E-state index contributed by atoms with van der Waals surface area (Å²) < 4.78 is 25.8. The van der Waals surface area contributed by atoms with E-state index in [1.165, 1.54) is 19.4 Å². The smallest absolute Gasteiger partial charge is 0.160 e. The fourth-order valence-corrected chi connectivity index (χ4v) is 1.43. The summed E-state index contributed by atoms with van der Waals surface area (Å²) in [6.07, 6.45) is 4.66. The summed E-state index contributed by atoms with van der Waals surface area (Å²) in [7, 11) is 1.44. The van der Waals surface area contributed by atoms with E-state index in [1.807, 2.05) is 0 Å². The van der Waals surface area contributed by atoms with E-state index >= 15 is 0 Å². The molecule has 1 aromatic heterocycles. The molecule has 0 saturated heterocycles. The number of benzene rings is 1. The zero-order valence-corrected chi connectivity index (χ0v) is 11.8. The van der Waals surface area contributed by atoms with Crippen molar-refractivity contribution in [2.45, 2.75) is 0 Å². The van der Waals surface area contributed by atoms with Gasteiger partial charge in [0.15, 0.2) is 11.6 Å². The summed E-state index contributed by atoms with van der Waals surface area (Å²) >= 11 is 0. The lowest BCUT2D eigenvalue weighted by Gasteiger charge is -1.94. The van der Waals surface area contributed by atoms with Gasteiger partial charge in [0, 0.05) is 29.1 Å². The average molecular weight is 309 g/mol. The molecule has 2 aromatic rings. The van der Waals surface area contributed by atoms with Crippen molar-refractivity contribution in [1.82, 2.24) is 4.98 Å². The van der Waals surface area contributed by atoms with Crippen LogP contribution >= 0.6 is 12.4 Å². The first-order valence-electron chi connectivity index (χ1n) is 5.67. The Balaban J connectivity index is 0.00000220. The van der Waals surface area contributed by atoms with Crippen LogP contribution in [0.2, 0.25) is 0 Å². The molecule has 6 heteroatoms. The fourth-order valence-electron chi connectivity index (χ4n) is 1.43. The lowest BCUT2D eigenvalue weighted by Crippen LogP contribution is -1.87. The third-order valence-corrected chi connectivity index (χ3v) is 2.34. The largest absolute Gasteiger partial charge is 0.399 e. The molecule has 0 aliphatic heterocycles. The highest BCUT2D eigenvalue weighted by Gasteiger charge is 2.00. The third kappa shape index (κ3) is 4.86. The van der Waals surface area contributed by atoms with E-state index in [0.717, 1.165) is 17.7 Å². The van der Waals surface area contributed by atoms with E-state index in [1.54, 1.807) is 18.5 Å². The van der Waals surface area contributed by atoms with Crippen LogP contribution in [0, 0.1) is 23.5 Å². The second kappa shape index (κ2) is 7.98. The third-order valence-electron chi connectivity index (χ3n) is 2.34. The Morgan fingerprint density at radius 2 is 1.86 bits per heavy atom. The van der Waals surface area contributed by atoms with Crippen molar-refractivity contribution in [3.05, 3.63) is 65.0 Å². The molecule has 0 fully saturated rings. The molecule has 0 unspecified atom stereocenters. The van der Waals surface area contributed by atoms with Crippen LogP contribution < -0.4 is 0 Å². The van der Waals surface area contributed by atoms with E-state index < -0.39 is 11.6 Å². The Morgan fingerprint density at radius 1 is 1.10 bits per heavy atom. The van der Waals surface area contributed by atoms with E-state index in [0.29, 0.717) is 11.1 Å². The van der Waals surface area contributed by atoms with Crippen molar-refractivity contribution in [2.24, 2.45) is 5.16 Å². The Bertz CT molecular complexity index is 708. The Kier molecular flexibility index (Phi) is 6.31. The van der Waals surface area contributed by atoms with Crippen molar-refractivity contribution in [3.8, 4) is 11.8 Å². The zero-order chi connectivity index (χ0) is 14.4. The normalized spacial score (nSPS) is 9.67. The van der Waals surface area contributed by atoms with Gasteiger partial charge in [0.05, 0.1) is 6.21 Å². The predicted octanol–water partition coefficient (Wildman–Crippen LogP) is 3.16.